The standard InChI is InChI=1S/C13H14ClFINO/c1-8-4-5-17(12(8)7-14)13(18)10-3-2-9(15)6-11(10)16/h2-3,6,8,12H,4-5,7H2,1H3. The Morgan fingerprint density at radius 3 is 2.94 bits per heavy atom. The number of benzene rings is 1. The number of amides is 1. The molecule has 98 valence electrons. The van der Waals surface area contributed by atoms with Gasteiger partial charge in [-0.25, -0.2) is 4.39 Å². The molecule has 0 aromatic heterocycles. The number of alkyl halides is 1. The fourth-order valence-electron chi connectivity index (χ4n) is 2.31. The monoisotopic (exact) mass is 381 g/mol. The molecule has 0 bridgehead atoms. The fourth-order valence-corrected chi connectivity index (χ4v) is 3.49. The predicted molar refractivity (Wildman–Crippen MR) is 78.4 cm³/mol. The molecule has 2 unspecified atom stereocenters. The molecule has 2 rings (SSSR count). The van der Waals surface area contributed by atoms with Crippen molar-refractivity contribution in [1.82, 2.24) is 4.90 Å². The first-order valence-corrected chi connectivity index (χ1v) is 7.48. The number of hydrogen-bond acceptors (Lipinski definition) is 1. The Bertz CT molecular complexity index is 468. The lowest BCUT2D eigenvalue weighted by Crippen LogP contribution is -2.39. The maximum absolute atomic E-state index is 13.0. The number of likely N-dealkylation sites (tertiary alicyclic amines) is 1. The molecular weight excluding hydrogens is 368 g/mol. The minimum absolute atomic E-state index is 0.0469. The Kier molecular flexibility index (Phi) is 4.48. The second kappa shape index (κ2) is 5.74. The topological polar surface area (TPSA) is 20.3 Å². The summed E-state index contributed by atoms with van der Waals surface area (Å²) in [5, 5.41) is 0. The van der Waals surface area contributed by atoms with Gasteiger partial charge in [0.05, 0.1) is 5.56 Å². The SMILES string of the molecule is CC1CCN(C(=O)c2ccc(F)cc2I)C1CCl. The van der Waals surface area contributed by atoms with Gasteiger partial charge in [0.15, 0.2) is 0 Å². The maximum atomic E-state index is 13.0. The van der Waals surface area contributed by atoms with E-state index < -0.39 is 0 Å². The molecule has 0 aliphatic carbocycles. The van der Waals surface area contributed by atoms with Crippen molar-refractivity contribution in [2.75, 3.05) is 12.4 Å². The van der Waals surface area contributed by atoms with Crippen LogP contribution in [0, 0.1) is 15.3 Å². The normalized spacial score (nSPS) is 23.4. The van der Waals surface area contributed by atoms with Crippen LogP contribution in [0.2, 0.25) is 0 Å². The number of carbonyl (C=O) groups is 1. The molecule has 1 heterocycles. The molecule has 1 fully saturated rings. The summed E-state index contributed by atoms with van der Waals surface area (Å²) in [7, 11) is 0. The number of nitrogens with zero attached hydrogens (tertiary/aromatic N) is 1. The van der Waals surface area contributed by atoms with Crippen LogP contribution in [-0.2, 0) is 0 Å². The highest BCUT2D eigenvalue weighted by Gasteiger charge is 2.34. The zero-order valence-corrected chi connectivity index (χ0v) is 12.9. The van der Waals surface area contributed by atoms with Crippen molar-refractivity contribution in [3.05, 3.63) is 33.1 Å². The minimum atomic E-state index is -0.320. The molecule has 1 amide bonds. The van der Waals surface area contributed by atoms with E-state index in [1.54, 1.807) is 6.07 Å². The molecular formula is C13H14ClFINO. The van der Waals surface area contributed by atoms with Gasteiger partial charge in [0.1, 0.15) is 5.82 Å². The van der Waals surface area contributed by atoms with Gasteiger partial charge >= 0.3 is 0 Å². The van der Waals surface area contributed by atoms with E-state index >= 15 is 0 Å². The van der Waals surface area contributed by atoms with Crippen LogP contribution in [0.25, 0.3) is 0 Å². The lowest BCUT2D eigenvalue weighted by atomic mass is 10.0. The van der Waals surface area contributed by atoms with Gasteiger partial charge in [0.2, 0.25) is 0 Å². The Hall–Kier alpha value is -0.360. The average Bonchev–Trinajstić information content (AvgIpc) is 2.69. The highest BCUT2D eigenvalue weighted by molar-refractivity contribution is 14.1. The quantitative estimate of drug-likeness (QED) is 0.567. The second-order valence-corrected chi connectivity index (χ2v) is 6.08. The van der Waals surface area contributed by atoms with Crippen molar-refractivity contribution in [3.63, 3.8) is 0 Å². The Labute approximate surface area is 125 Å². The van der Waals surface area contributed by atoms with Crippen LogP contribution in [0.4, 0.5) is 4.39 Å². The van der Waals surface area contributed by atoms with Crippen LogP contribution < -0.4 is 0 Å². The van der Waals surface area contributed by atoms with Crippen molar-refractivity contribution in [2.24, 2.45) is 5.92 Å². The molecule has 0 saturated carbocycles. The largest absolute Gasteiger partial charge is 0.334 e. The average molecular weight is 382 g/mol. The Balaban J connectivity index is 2.26. The molecule has 2 nitrogen and oxygen atoms in total. The van der Waals surface area contributed by atoms with E-state index in [9.17, 15) is 9.18 Å². The highest BCUT2D eigenvalue weighted by atomic mass is 127. The van der Waals surface area contributed by atoms with Gasteiger partial charge in [0, 0.05) is 22.0 Å². The molecule has 1 aromatic carbocycles. The van der Waals surface area contributed by atoms with E-state index in [1.165, 1.54) is 12.1 Å². The van der Waals surface area contributed by atoms with E-state index in [4.69, 9.17) is 11.6 Å². The van der Waals surface area contributed by atoms with Gasteiger partial charge in [0.25, 0.3) is 5.91 Å². The van der Waals surface area contributed by atoms with Crippen molar-refractivity contribution in [1.29, 1.82) is 0 Å². The zero-order valence-electron chi connectivity index (χ0n) is 10.00. The number of carbonyl (C=O) groups excluding carboxylic acids is 1. The van der Waals surface area contributed by atoms with Gasteiger partial charge in [-0.2, -0.15) is 0 Å². The third-order valence-corrected chi connectivity index (χ3v) is 4.67. The zero-order chi connectivity index (χ0) is 13.3. The first-order valence-electron chi connectivity index (χ1n) is 5.86. The molecule has 1 aliphatic rings. The summed E-state index contributed by atoms with van der Waals surface area (Å²) in [6.07, 6.45) is 0.973. The third-order valence-electron chi connectivity index (χ3n) is 3.46. The summed E-state index contributed by atoms with van der Waals surface area (Å²) in [6.45, 7) is 2.83. The van der Waals surface area contributed by atoms with E-state index in [-0.39, 0.29) is 17.8 Å². The first kappa shape index (κ1) is 14.1. The molecule has 1 saturated heterocycles. The van der Waals surface area contributed by atoms with Gasteiger partial charge in [-0.05, 0) is 53.1 Å². The summed E-state index contributed by atoms with van der Waals surface area (Å²) in [6, 6.07) is 4.33. The number of hydrogen-bond donors (Lipinski definition) is 0. The lowest BCUT2D eigenvalue weighted by Gasteiger charge is -2.25. The highest BCUT2D eigenvalue weighted by Crippen LogP contribution is 2.27. The molecule has 2 atom stereocenters. The van der Waals surface area contributed by atoms with Crippen molar-refractivity contribution in [2.45, 2.75) is 19.4 Å². The summed E-state index contributed by atoms with van der Waals surface area (Å²) >= 11 is 7.93. The van der Waals surface area contributed by atoms with Gasteiger partial charge in [-0.1, -0.05) is 6.92 Å². The van der Waals surface area contributed by atoms with Crippen molar-refractivity contribution < 1.29 is 9.18 Å². The molecule has 1 aromatic rings. The van der Waals surface area contributed by atoms with Gasteiger partial charge in [-0.15, -0.1) is 11.6 Å². The van der Waals surface area contributed by atoms with Gasteiger partial charge in [-0.3, -0.25) is 4.79 Å². The molecule has 18 heavy (non-hydrogen) atoms. The summed E-state index contributed by atoms with van der Waals surface area (Å²) in [4.78, 5) is 14.2. The molecule has 0 radical (unpaired) electrons. The summed E-state index contributed by atoms with van der Waals surface area (Å²) < 4.78 is 13.7. The summed E-state index contributed by atoms with van der Waals surface area (Å²) in [5.74, 6) is 0.503. The van der Waals surface area contributed by atoms with E-state index in [1.807, 2.05) is 27.5 Å². The maximum Gasteiger partial charge on any atom is 0.255 e. The predicted octanol–water partition coefficient (Wildman–Crippen LogP) is 3.52. The summed E-state index contributed by atoms with van der Waals surface area (Å²) in [5.41, 5.74) is 0.557. The lowest BCUT2D eigenvalue weighted by molar-refractivity contribution is 0.0736. The van der Waals surface area contributed by atoms with Crippen LogP contribution in [0.3, 0.4) is 0 Å². The van der Waals surface area contributed by atoms with Crippen molar-refractivity contribution in [3.8, 4) is 0 Å². The Morgan fingerprint density at radius 1 is 1.61 bits per heavy atom. The van der Waals surface area contributed by atoms with Crippen LogP contribution >= 0.6 is 34.2 Å². The van der Waals surface area contributed by atoms with Crippen molar-refractivity contribution >= 4 is 40.1 Å². The van der Waals surface area contributed by atoms with E-state index in [2.05, 4.69) is 6.92 Å². The van der Waals surface area contributed by atoms with Crippen LogP contribution in [-0.4, -0.2) is 29.3 Å². The number of halogens is 3. The molecule has 0 N–H and O–H groups in total. The third kappa shape index (κ3) is 2.64. The molecule has 1 aliphatic heterocycles. The molecule has 5 heteroatoms. The minimum Gasteiger partial charge on any atom is -0.334 e. The van der Waals surface area contributed by atoms with Crippen LogP contribution in [0.15, 0.2) is 18.2 Å². The smallest absolute Gasteiger partial charge is 0.255 e. The van der Waals surface area contributed by atoms with E-state index in [0.29, 0.717) is 20.9 Å². The fraction of sp³-hybridized carbons (Fsp3) is 0.462. The molecule has 0 spiro atoms. The van der Waals surface area contributed by atoms with Gasteiger partial charge < -0.3 is 4.90 Å². The Morgan fingerprint density at radius 2 is 2.33 bits per heavy atom. The number of rotatable bonds is 2. The van der Waals surface area contributed by atoms with E-state index in [0.717, 1.165) is 13.0 Å². The second-order valence-electron chi connectivity index (χ2n) is 4.61. The van der Waals surface area contributed by atoms with Crippen LogP contribution in [0.5, 0.6) is 0 Å². The van der Waals surface area contributed by atoms with Crippen LogP contribution in [0.1, 0.15) is 23.7 Å². The first-order chi connectivity index (χ1) is 8.54.